The van der Waals surface area contributed by atoms with E-state index >= 15 is 0 Å². The number of ether oxygens (including phenoxy) is 3. The summed E-state index contributed by atoms with van der Waals surface area (Å²) in [4.78, 5) is 28.2. The number of nitro benzene ring substituents is 1. The van der Waals surface area contributed by atoms with Crippen molar-refractivity contribution in [3.05, 3.63) is 55.4 Å². The van der Waals surface area contributed by atoms with Gasteiger partial charge in [-0.3, -0.25) is 20.2 Å². The number of nitrogens with one attached hydrogen (secondary N) is 1. The van der Waals surface area contributed by atoms with Crippen LogP contribution < -0.4 is 19.5 Å². The molecule has 1 heterocycles. The molecule has 162 valence electrons. The Morgan fingerprint density at radius 1 is 1.13 bits per heavy atom. The molecular weight excluding hydrogens is 469 g/mol. The number of anilines is 1. The predicted octanol–water partition coefficient (Wildman–Crippen LogP) is 5.30. The number of hydrogen-bond donors (Lipinski definition) is 1. The lowest BCUT2D eigenvalue weighted by Gasteiger charge is -2.14. The first kappa shape index (κ1) is 22.6. The highest BCUT2D eigenvalue weighted by Gasteiger charge is 2.32. The van der Waals surface area contributed by atoms with Crippen molar-refractivity contribution >= 4 is 51.3 Å². The van der Waals surface area contributed by atoms with Crippen LogP contribution in [0, 0.1) is 10.1 Å². The van der Waals surface area contributed by atoms with Crippen LogP contribution in [-0.2, 0) is 0 Å². The van der Waals surface area contributed by atoms with E-state index in [1.807, 2.05) is 0 Å². The number of nitro groups is 1. The fourth-order valence-electron chi connectivity index (χ4n) is 2.81. The van der Waals surface area contributed by atoms with Gasteiger partial charge in [0.05, 0.1) is 37.0 Å². The zero-order chi connectivity index (χ0) is 22.7. The van der Waals surface area contributed by atoms with E-state index in [-0.39, 0.29) is 27.9 Å². The number of halogens is 2. The molecule has 0 fully saturated rings. The molecule has 12 heteroatoms. The van der Waals surface area contributed by atoms with Crippen molar-refractivity contribution in [3.63, 3.8) is 0 Å². The quantitative estimate of drug-likeness (QED) is 0.358. The molecule has 0 atom stereocenters. The van der Waals surface area contributed by atoms with Crippen LogP contribution in [0.4, 0.5) is 10.8 Å². The van der Waals surface area contributed by atoms with Crippen LogP contribution >= 0.6 is 34.5 Å². The molecule has 1 amide bonds. The van der Waals surface area contributed by atoms with E-state index in [9.17, 15) is 14.9 Å². The molecule has 0 saturated heterocycles. The van der Waals surface area contributed by atoms with Gasteiger partial charge in [0, 0.05) is 22.0 Å². The Morgan fingerprint density at radius 3 is 2.42 bits per heavy atom. The van der Waals surface area contributed by atoms with Gasteiger partial charge < -0.3 is 14.2 Å². The lowest BCUT2D eigenvalue weighted by molar-refractivity contribution is -0.386. The minimum absolute atomic E-state index is 0.00200. The van der Waals surface area contributed by atoms with Crippen LogP contribution in [0.5, 0.6) is 17.2 Å². The molecule has 3 aromatic rings. The summed E-state index contributed by atoms with van der Waals surface area (Å²) in [6.45, 7) is 0. The Balaban J connectivity index is 1.99. The standard InChI is InChI=1S/C19H15Cl2N3O6S/c1-28-14-7-11(15(24(26)27)17(30-3)16(14)29-2)18(25)23-19-22-13(8-31-19)10-5-4-9(20)6-12(10)21/h4-8H,1-3H3,(H,22,23,25). The Kier molecular flexibility index (Phi) is 6.84. The molecule has 1 aromatic heterocycles. The molecule has 0 aliphatic heterocycles. The topological polar surface area (TPSA) is 113 Å². The van der Waals surface area contributed by atoms with Crippen molar-refractivity contribution in [1.82, 2.24) is 4.98 Å². The van der Waals surface area contributed by atoms with E-state index in [1.165, 1.54) is 27.4 Å². The van der Waals surface area contributed by atoms with Crippen LogP contribution in [0.15, 0.2) is 29.6 Å². The summed E-state index contributed by atoms with van der Waals surface area (Å²) in [5.41, 5.74) is 0.305. The third-order valence-corrected chi connectivity index (χ3v) is 5.47. The highest BCUT2D eigenvalue weighted by Crippen LogP contribution is 2.46. The summed E-state index contributed by atoms with van der Waals surface area (Å²) in [7, 11) is 3.88. The lowest BCUT2D eigenvalue weighted by Crippen LogP contribution is -2.15. The maximum absolute atomic E-state index is 12.9. The third-order valence-electron chi connectivity index (χ3n) is 4.16. The van der Waals surface area contributed by atoms with Crippen molar-refractivity contribution in [2.75, 3.05) is 26.6 Å². The molecular formula is C19H15Cl2N3O6S. The van der Waals surface area contributed by atoms with E-state index in [0.717, 1.165) is 11.3 Å². The van der Waals surface area contributed by atoms with Gasteiger partial charge in [0.2, 0.25) is 11.5 Å². The van der Waals surface area contributed by atoms with Crippen molar-refractivity contribution in [1.29, 1.82) is 0 Å². The number of carbonyl (C=O) groups excluding carboxylic acids is 1. The highest BCUT2D eigenvalue weighted by molar-refractivity contribution is 7.14. The molecule has 0 bridgehead atoms. The summed E-state index contributed by atoms with van der Waals surface area (Å²) < 4.78 is 15.5. The molecule has 0 aliphatic carbocycles. The number of carbonyl (C=O) groups is 1. The zero-order valence-corrected chi connectivity index (χ0v) is 18.7. The predicted molar refractivity (Wildman–Crippen MR) is 118 cm³/mol. The Bertz CT molecular complexity index is 1170. The van der Waals surface area contributed by atoms with Crippen molar-refractivity contribution < 1.29 is 23.9 Å². The monoisotopic (exact) mass is 483 g/mol. The second-order valence-electron chi connectivity index (χ2n) is 5.91. The average molecular weight is 484 g/mol. The van der Waals surface area contributed by atoms with E-state index < -0.39 is 16.5 Å². The summed E-state index contributed by atoms with van der Waals surface area (Å²) in [6, 6.07) is 6.16. The summed E-state index contributed by atoms with van der Waals surface area (Å²) in [6.07, 6.45) is 0. The van der Waals surface area contributed by atoms with E-state index in [4.69, 9.17) is 37.4 Å². The Hall–Kier alpha value is -3.08. The van der Waals surface area contributed by atoms with Crippen molar-refractivity contribution in [2.45, 2.75) is 0 Å². The first-order valence-electron chi connectivity index (χ1n) is 8.50. The smallest absolute Gasteiger partial charge is 0.327 e. The van der Waals surface area contributed by atoms with Crippen LogP contribution in [0.25, 0.3) is 11.3 Å². The summed E-state index contributed by atoms with van der Waals surface area (Å²) >= 11 is 13.2. The maximum Gasteiger partial charge on any atom is 0.327 e. The molecule has 3 rings (SSSR count). The first-order chi connectivity index (χ1) is 14.8. The number of methoxy groups -OCH3 is 3. The Morgan fingerprint density at radius 2 is 1.84 bits per heavy atom. The van der Waals surface area contributed by atoms with Crippen LogP contribution in [-0.4, -0.2) is 37.1 Å². The van der Waals surface area contributed by atoms with E-state index in [1.54, 1.807) is 23.6 Å². The van der Waals surface area contributed by atoms with Gasteiger partial charge in [0.1, 0.15) is 5.56 Å². The molecule has 31 heavy (non-hydrogen) atoms. The number of nitrogens with zero attached hydrogens (tertiary/aromatic N) is 2. The summed E-state index contributed by atoms with van der Waals surface area (Å²) in [5.74, 6) is -0.899. The fourth-order valence-corrected chi connectivity index (χ4v) is 4.02. The van der Waals surface area contributed by atoms with Crippen molar-refractivity contribution in [3.8, 4) is 28.5 Å². The van der Waals surface area contributed by atoms with Gasteiger partial charge in [-0.15, -0.1) is 11.3 Å². The minimum atomic E-state index is -0.769. The number of hydrogen-bond acceptors (Lipinski definition) is 8. The molecule has 0 saturated carbocycles. The van der Waals surface area contributed by atoms with Gasteiger partial charge in [-0.2, -0.15) is 0 Å². The van der Waals surface area contributed by atoms with Gasteiger partial charge in [0.25, 0.3) is 5.91 Å². The van der Waals surface area contributed by atoms with Gasteiger partial charge in [-0.05, 0) is 18.2 Å². The molecule has 0 radical (unpaired) electrons. The molecule has 2 aromatic carbocycles. The van der Waals surface area contributed by atoms with Crippen LogP contribution in [0.3, 0.4) is 0 Å². The average Bonchev–Trinajstić information content (AvgIpc) is 3.19. The molecule has 0 spiro atoms. The largest absolute Gasteiger partial charge is 0.493 e. The lowest BCUT2D eigenvalue weighted by atomic mass is 10.1. The third kappa shape index (κ3) is 4.50. The summed E-state index contributed by atoms with van der Waals surface area (Å²) in [5, 5.41) is 17.0. The number of benzene rings is 2. The van der Waals surface area contributed by atoms with Gasteiger partial charge in [0.15, 0.2) is 10.9 Å². The number of aromatic nitrogens is 1. The number of amides is 1. The second-order valence-corrected chi connectivity index (χ2v) is 7.62. The van der Waals surface area contributed by atoms with Crippen LogP contribution in [0.1, 0.15) is 10.4 Å². The number of thiazole rings is 1. The molecule has 1 N–H and O–H groups in total. The first-order valence-corrected chi connectivity index (χ1v) is 10.1. The van der Waals surface area contributed by atoms with Crippen LogP contribution in [0.2, 0.25) is 10.0 Å². The van der Waals surface area contributed by atoms with Crippen molar-refractivity contribution in [2.24, 2.45) is 0 Å². The van der Waals surface area contributed by atoms with Gasteiger partial charge in [-0.25, -0.2) is 4.98 Å². The number of rotatable bonds is 7. The molecule has 0 aliphatic rings. The molecule has 0 unspecified atom stereocenters. The molecule has 9 nitrogen and oxygen atoms in total. The second kappa shape index (κ2) is 9.38. The van der Waals surface area contributed by atoms with E-state index in [2.05, 4.69) is 10.3 Å². The SMILES string of the molecule is COc1cc(C(=O)Nc2nc(-c3ccc(Cl)cc3Cl)cs2)c([N+](=O)[O-])c(OC)c1OC. The highest BCUT2D eigenvalue weighted by atomic mass is 35.5. The van der Waals surface area contributed by atoms with E-state index in [0.29, 0.717) is 21.3 Å². The minimum Gasteiger partial charge on any atom is -0.493 e. The Labute approximate surface area is 190 Å². The normalized spacial score (nSPS) is 10.5. The zero-order valence-electron chi connectivity index (χ0n) is 16.4. The van der Waals surface area contributed by atoms with Gasteiger partial charge >= 0.3 is 5.69 Å². The fraction of sp³-hybridized carbons (Fsp3) is 0.158. The van der Waals surface area contributed by atoms with Gasteiger partial charge in [-0.1, -0.05) is 23.2 Å². The maximum atomic E-state index is 12.9.